The lowest BCUT2D eigenvalue weighted by molar-refractivity contribution is 0.944. The van der Waals surface area contributed by atoms with Crippen LogP contribution in [0.1, 0.15) is 0 Å². The van der Waals surface area contributed by atoms with Crippen molar-refractivity contribution in [3.63, 3.8) is 0 Å². The van der Waals surface area contributed by atoms with Crippen LogP contribution in [-0.4, -0.2) is 6.04 Å². The standard InChI is InChI=1S/C7H4BrClN2/c8-4-1-2-6-5(3-4)7(9)11-10-6/h1-3,6H/t6-/m1/s1. The van der Waals surface area contributed by atoms with Gasteiger partial charge in [0, 0.05) is 10.1 Å². The van der Waals surface area contributed by atoms with Gasteiger partial charge in [0.2, 0.25) is 0 Å². The predicted molar refractivity (Wildman–Crippen MR) is 47.7 cm³/mol. The molecule has 1 aliphatic heterocycles. The molecular weight excluding hydrogens is 227 g/mol. The SMILES string of the molecule is ClC1=C2C=C(Br)C=C[C@H]2N=N1. The third kappa shape index (κ3) is 1.19. The zero-order chi connectivity index (χ0) is 7.84. The minimum atomic E-state index is 0.0452. The van der Waals surface area contributed by atoms with Gasteiger partial charge in [0.25, 0.3) is 0 Å². The third-order valence-electron chi connectivity index (χ3n) is 1.56. The number of hydrogen-bond donors (Lipinski definition) is 0. The van der Waals surface area contributed by atoms with Crippen molar-refractivity contribution in [1.82, 2.24) is 0 Å². The highest BCUT2D eigenvalue weighted by molar-refractivity contribution is 9.11. The van der Waals surface area contributed by atoms with Crippen LogP contribution >= 0.6 is 27.5 Å². The molecule has 0 radical (unpaired) electrons. The van der Waals surface area contributed by atoms with Gasteiger partial charge in [0.05, 0.1) is 0 Å². The van der Waals surface area contributed by atoms with Crippen LogP contribution in [0.4, 0.5) is 0 Å². The highest BCUT2D eigenvalue weighted by Gasteiger charge is 2.20. The Morgan fingerprint density at radius 3 is 3.18 bits per heavy atom. The summed E-state index contributed by atoms with van der Waals surface area (Å²) in [6, 6.07) is 0.0452. The zero-order valence-corrected chi connectivity index (χ0v) is 7.80. The van der Waals surface area contributed by atoms with Gasteiger partial charge in [-0.3, -0.25) is 0 Å². The molecule has 0 aromatic rings. The molecule has 0 N–H and O–H groups in total. The molecule has 0 saturated carbocycles. The number of nitrogens with zero attached hydrogens (tertiary/aromatic N) is 2. The fourth-order valence-electron chi connectivity index (χ4n) is 1.02. The first-order chi connectivity index (χ1) is 5.27. The van der Waals surface area contributed by atoms with Crippen LogP contribution in [0.25, 0.3) is 0 Å². The Hall–Kier alpha value is -0.410. The molecule has 1 aliphatic carbocycles. The van der Waals surface area contributed by atoms with Crippen molar-refractivity contribution in [1.29, 1.82) is 0 Å². The van der Waals surface area contributed by atoms with Gasteiger partial charge in [0.1, 0.15) is 6.04 Å². The number of azo groups is 1. The third-order valence-corrected chi connectivity index (χ3v) is 2.34. The molecule has 2 aliphatic rings. The summed E-state index contributed by atoms with van der Waals surface area (Å²) in [6.07, 6.45) is 5.84. The molecule has 0 bridgehead atoms. The van der Waals surface area contributed by atoms with E-state index in [0.717, 1.165) is 10.1 Å². The van der Waals surface area contributed by atoms with Gasteiger partial charge in [-0.1, -0.05) is 33.6 Å². The van der Waals surface area contributed by atoms with Crippen molar-refractivity contribution in [2.45, 2.75) is 6.04 Å². The van der Waals surface area contributed by atoms with Crippen molar-refractivity contribution in [2.24, 2.45) is 10.2 Å². The summed E-state index contributed by atoms with van der Waals surface area (Å²) in [6.45, 7) is 0. The second-order valence-corrected chi connectivity index (χ2v) is 3.57. The molecule has 0 spiro atoms. The van der Waals surface area contributed by atoms with E-state index < -0.39 is 0 Å². The summed E-state index contributed by atoms with van der Waals surface area (Å²) in [4.78, 5) is 0. The van der Waals surface area contributed by atoms with Gasteiger partial charge in [-0.2, -0.15) is 5.11 Å². The number of rotatable bonds is 0. The molecular formula is C7H4BrClN2. The quantitative estimate of drug-likeness (QED) is 0.572. The maximum Gasteiger partial charge on any atom is 0.157 e. The molecule has 0 aromatic carbocycles. The van der Waals surface area contributed by atoms with E-state index in [0.29, 0.717) is 5.16 Å². The Morgan fingerprint density at radius 1 is 1.55 bits per heavy atom. The Bertz CT molecular complexity index is 314. The molecule has 4 heteroatoms. The summed E-state index contributed by atoms with van der Waals surface area (Å²) in [5.74, 6) is 0. The molecule has 1 heterocycles. The fraction of sp³-hybridized carbons (Fsp3) is 0.143. The molecule has 0 aromatic heterocycles. The number of fused-ring (bicyclic) bond motifs is 1. The van der Waals surface area contributed by atoms with Gasteiger partial charge in [-0.25, -0.2) is 0 Å². The minimum Gasteiger partial charge on any atom is -0.175 e. The predicted octanol–water partition coefficient (Wildman–Crippen LogP) is 3.12. The molecule has 2 nitrogen and oxygen atoms in total. The molecule has 0 saturated heterocycles. The lowest BCUT2D eigenvalue weighted by Crippen LogP contribution is -2.02. The van der Waals surface area contributed by atoms with Gasteiger partial charge >= 0.3 is 0 Å². The largest absolute Gasteiger partial charge is 0.175 e. The van der Waals surface area contributed by atoms with Gasteiger partial charge in [-0.05, 0) is 12.2 Å². The monoisotopic (exact) mass is 230 g/mol. The van der Waals surface area contributed by atoms with Crippen LogP contribution in [0.3, 0.4) is 0 Å². The molecule has 0 unspecified atom stereocenters. The molecule has 2 rings (SSSR count). The average molecular weight is 231 g/mol. The lowest BCUT2D eigenvalue weighted by Gasteiger charge is -2.06. The summed E-state index contributed by atoms with van der Waals surface area (Å²) >= 11 is 9.12. The Balaban J connectivity index is 2.46. The van der Waals surface area contributed by atoms with Crippen LogP contribution in [-0.2, 0) is 0 Å². The van der Waals surface area contributed by atoms with E-state index in [1.807, 2.05) is 18.2 Å². The highest BCUT2D eigenvalue weighted by Crippen LogP contribution is 2.31. The van der Waals surface area contributed by atoms with Gasteiger partial charge in [0.15, 0.2) is 5.16 Å². The number of allylic oxidation sites excluding steroid dienone is 2. The van der Waals surface area contributed by atoms with Crippen molar-refractivity contribution >= 4 is 27.5 Å². The first-order valence-electron chi connectivity index (χ1n) is 3.13. The van der Waals surface area contributed by atoms with Crippen LogP contribution in [0.5, 0.6) is 0 Å². The van der Waals surface area contributed by atoms with E-state index in [4.69, 9.17) is 11.6 Å². The van der Waals surface area contributed by atoms with E-state index in [2.05, 4.69) is 26.2 Å². The molecule has 1 atom stereocenters. The summed E-state index contributed by atoms with van der Waals surface area (Å²) < 4.78 is 1.01. The fourth-order valence-corrected chi connectivity index (χ4v) is 1.63. The zero-order valence-electron chi connectivity index (χ0n) is 5.46. The second kappa shape index (κ2) is 2.57. The Morgan fingerprint density at radius 2 is 2.36 bits per heavy atom. The van der Waals surface area contributed by atoms with Crippen LogP contribution in [0, 0.1) is 0 Å². The van der Waals surface area contributed by atoms with E-state index in [1.54, 1.807) is 0 Å². The van der Waals surface area contributed by atoms with Crippen LogP contribution in [0.15, 0.2) is 43.7 Å². The molecule has 11 heavy (non-hydrogen) atoms. The molecule has 0 amide bonds. The normalized spacial score (nSPS) is 27.5. The van der Waals surface area contributed by atoms with Crippen molar-refractivity contribution in [3.8, 4) is 0 Å². The Labute approximate surface area is 77.5 Å². The second-order valence-electron chi connectivity index (χ2n) is 2.29. The number of halogens is 2. The van der Waals surface area contributed by atoms with E-state index in [1.165, 1.54) is 0 Å². The molecule has 0 fully saturated rings. The summed E-state index contributed by atoms with van der Waals surface area (Å²) in [7, 11) is 0. The smallest absolute Gasteiger partial charge is 0.157 e. The van der Waals surface area contributed by atoms with Crippen molar-refractivity contribution < 1.29 is 0 Å². The maximum absolute atomic E-state index is 5.77. The Kier molecular flexibility index (Phi) is 1.69. The van der Waals surface area contributed by atoms with E-state index in [9.17, 15) is 0 Å². The lowest BCUT2D eigenvalue weighted by atomic mass is 10.1. The first-order valence-corrected chi connectivity index (χ1v) is 4.30. The van der Waals surface area contributed by atoms with Gasteiger partial charge in [-0.15, -0.1) is 5.11 Å². The highest BCUT2D eigenvalue weighted by atomic mass is 79.9. The molecule has 56 valence electrons. The average Bonchev–Trinajstić information content (AvgIpc) is 2.33. The summed E-state index contributed by atoms with van der Waals surface area (Å²) in [5, 5.41) is 8.20. The van der Waals surface area contributed by atoms with Crippen molar-refractivity contribution in [3.05, 3.63) is 33.4 Å². The van der Waals surface area contributed by atoms with Crippen LogP contribution in [0.2, 0.25) is 0 Å². The topological polar surface area (TPSA) is 24.7 Å². The summed E-state index contributed by atoms with van der Waals surface area (Å²) in [5.41, 5.74) is 0.973. The van der Waals surface area contributed by atoms with E-state index in [-0.39, 0.29) is 6.04 Å². The first kappa shape index (κ1) is 7.25. The van der Waals surface area contributed by atoms with Crippen molar-refractivity contribution in [2.75, 3.05) is 0 Å². The maximum atomic E-state index is 5.77. The van der Waals surface area contributed by atoms with Crippen LogP contribution < -0.4 is 0 Å². The minimum absolute atomic E-state index is 0.0452. The number of hydrogen-bond acceptors (Lipinski definition) is 2. The van der Waals surface area contributed by atoms with E-state index >= 15 is 0 Å². The van der Waals surface area contributed by atoms with Gasteiger partial charge < -0.3 is 0 Å².